The molecule has 4 nitrogen and oxygen atoms in total. The summed E-state index contributed by atoms with van der Waals surface area (Å²) in [6.45, 7) is 4.03. The molecule has 156 valence electrons. The molecule has 3 aromatic rings. The Balaban J connectivity index is 1.32. The first-order valence-corrected chi connectivity index (χ1v) is 12.5. The maximum absolute atomic E-state index is 12.8. The number of hydrogen-bond donors (Lipinski definition) is 0. The molecule has 1 aliphatic heterocycles. The molecule has 1 fully saturated rings. The number of halogens is 1. The highest BCUT2D eigenvalue weighted by Gasteiger charge is 2.22. The van der Waals surface area contributed by atoms with Crippen molar-refractivity contribution >= 4 is 39.6 Å². The van der Waals surface area contributed by atoms with Crippen molar-refractivity contribution in [2.75, 3.05) is 32.4 Å². The zero-order valence-corrected chi connectivity index (χ0v) is 19.1. The summed E-state index contributed by atoms with van der Waals surface area (Å²) >= 11 is 7.90. The molecule has 0 bridgehead atoms. The number of thiophene rings is 1. The molecular formula is C23H23ClN2O2S2. The minimum Gasteiger partial charge on any atom is -0.336 e. The summed E-state index contributed by atoms with van der Waals surface area (Å²) < 4.78 is 11.5. The second-order valence-corrected chi connectivity index (χ2v) is 10.3. The number of amides is 1. The van der Waals surface area contributed by atoms with Gasteiger partial charge < -0.3 is 4.90 Å². The lowest BCUT2D eigenvalue weighted by Gasteiger charge is -2.34. The van der Waals surface area contributed by atoms with Crippen molar-refractivity contribution in [3.05, 3.63) is 76.1 Å². The van der Waals surface area contributed by atoms with Crippen LogP contribution in [0.2, 0.25) is 5.02 Å². The minimum atomic E-state index is -1.03. The van der Waals surface area contributed by atoms with E-state index in [0.29, 0.717) is 18.7 Å². The average Bonchev–Trinajstić information content (AvgIpc) is 3.22. The fourth-order valence-electron chi connectivity index (χ4n) is 3.56. The Kier molecular flexibility index (Phi) is 6.68. The molecular weight excluding hydrogens is 436 g/mol. The third-order valence-corrected chi connectivity index (χ3v) is 7.53. The van der Waals surface area contributed by atoms with Gasteiger partial charge in [-0.05, 0) is 54.1 Å². The molecule has 0 radical (unpaired) electrons. The van der Waals surface area contributed by atoms with Crippen molar-refractivity contribution in [3.63, 3.8) is 0 Å². The molecule has 1 atom stereocenters. The number of hydrogen-bond acceptors (Lipinski definition) is 4. The van der Waals surface area contributed by atoms with Crippen LogP contribution in [0.15, 0.2) is 65.6 Å². The number of carbonyl (C=O) groups is 1. The van der Waals surface area contributed by atoms with E-state index in [4.69, 9.17) is 11.6 Å². The van der Waals surface area contributed by atoms with E-state index in [9.17, 15) is 9.00 Å². The predicted molar refractivity (Wildman–Crippen MR) is 125 cm³/mol. The van der Waals surface area contributed by atoms with E-state index in [1.165, 1.54) is 9.75 Å². The molecule has 30 heavy (non-hydrogen) atoms. The molecule has 2 aromatic carbocycles. The lowest BCUT2D eigenvalue weighted by atomic mass is 10.2. The molecule has 4 rings (SSSR count). The Hall–Kier alpha value is -1.99. The molecule has 0 spiro atoms. The molecule has 1 saturated heterocycles. The zero-order valence-electron chi connectivity index (χ0n) is 16.7. The summed E-state index contributed by atoms with van der Waals surface area (Å²) in [7, 11) is -1.03. The van der Waals surface area contributed by atoms with Crippen molar-refractivity contribution in [2.45, 2.75) is 11.4 Å². The Morgan fingerprint density at radius 1 is 1.03 bits per heavy atom. The number of rotatable bonds is 5. The van der Waals surface area contributed by atoms with E-state index in [2.05, 4.69) is 23.1 Å². The van der Waals surface area contributed by atoms with Crippen LogP contribution >= 0.6 is 22.9 Å². The first-order valence-electron chi connectivity index (χ1n) is 9.79. The largest absolute Gasteiger partial charge is 0.336 e. The van der Waals surface area contributed by atoms with E-state index in [1.807, 2.05) is 23.1 Å². The lowest BCUT2D eigenvalue weighted by molar-refractivity contribution is 0.0629. The van der Waals surface area contributed by atoms with Crippen molar-refractivity contribution in [1.29, 1.82) is 0 Å². The molecule has 1 aliphatic rings. The maximum Gasteiger partial charge on any atom is 0.253 e. The second kappa shape index (κ2) is 9.43. The Labute approximate surface area is 188 Å². The van der Waals surface area contributed by atoms with E-state index in [1.54, 1.807) is 41.9 Å². The first kappa shape index (κ1) is 21.2. The smallest absolute Gasteiger partial charge is 0.253 e. The van der Waals surface area contributed by atoms with E-state index >= 15 is 0 Å². The van der Waals surface area contributed by atoms with Gasteiger partial charge in [0.15, 0.2) is 0 Å². The number of piperazine rings is 1. The van der Waals surface area contributed by atoms with Crippen molar-refractivity contribution < 1.29 is 9.00 Å². The van der Waals surface area contributed by atoms with Crippen LogP contribution in [0.4, 0.5) is 0 Å². The molecule has 7 heteroatoms. The van der Waals surface area contributed by atoms with Gasteiger partial charge in [0.05, 0.1) is 0 Å². The Morgan fingerprint density at radius 2 is 1.77 bits per heavy atom. The number of benzene rings is 2. The van der Waals surface area contributed by atoms with Crippen LogP contribution in [0.3, 0.4) is 0 Å². The summed E-state index contributed by atoms with van der Waals surface area (Å²) in [6.07, 6.45) is 1.64. The molecule has 0 unspecified atom stereocenters. The molecule has 0 aliphatic carbocycles. The quantitative estimate of drug-likeness (QED) is 0.553. The van der Waals surface area contributed by atoms with Gasteiger partial charge in [-0.25, -0.2) is 0 Å². The predicted octanol–water partition coefficient (Wildman–Crippen LogP) is 4.76. The van der Waals surface area contributed by atoms with Gasteiger partial charge in [0.25, 0.3) is 5.91 Å². The molecule has 2 heterocycles. The average molecular weight is 459 g/mol. The minimum absolute atomic E-state index is 0.0439. The van der Waals surface area contributed by atoms with Gasteiger partial charge in [0.2, 0.25) is 0 Å². The summed E-state index contributed by atoms with van der Waals surface area (Å²) in [6, 6.07) is 19.4. The van der Waals surface area contributed by atoms with Crippen molar-refractivity contribution in [1.82, 2.24) is 9.80 Å². The van der Waals surface area contributed by atoms with Gasteiger partial charge >= 0.3 is 0 Å². The standard InChI is InChI=1S/C23H23ClN2O2S2/c1-30(28)21-8-5-17(6-9-21)23(27)26-13-11-25(12-14-26)16-20-7-10-22(29-20)18-3-2-4-19(24)15-18/h2-10,15H,11-14,16H2,1H3/t30-/m1/s1. The highest BCUT2D eigenvalue weighted by atomic mass is 35.5. The highest BCUT2D eigenvalue weighted by molar-refractivity contribution is 7.84. The van der Waals surface area contributed by atoms with Gasteiger partial charge in [-0.2, -0.15) is 0 Å². The molecule has 1 amide bonds. The molecule has 1 aromatic heterocycles. The number of carbonyl (C=O) groups excluding carboxylic acids is 1. The SMILES string of the molecule is C[S@@](=O)c1ccc(C(=O)N2CCN(Cc3ccc(-c4cccc(Cl)c4)s3)CC2)cc1. The second-order valence-electron chi connectivity index (χ2n) is 7.32. The van der Waals surface area contributed by atoms with Gasteiger partial charge in [0, 0.05) is 75.0 Å². The van der Waals surface area contributed by atoms with Crippen LogP contribution in [0, 0.1) is 0 Å². The topological polar surface area (TPSA) is 40.6 Å². The van der Waals surface area contributed by atoms with Crippen molar-refractivity contribution in [2.24, 2.45) is 0 Å². The van der Waals surface area contributed by atoms with Gasteiger partial charge in [-0.3, -0.25) is 13.9 Å². The highest BCUT2D eigenvalue weighted by Crippen LogP contribution is 2.30. The van der Waals surface area contributed by atoms with E-state index in [0.717, 1.165) is 35.1 Å². The Morgan fingerprint density at radius 3 is 2.43 bits per heavy atom. The Bertz CT molecular complexity index is 1060. The number of nitrogens with zero attached hydrogens (tertiary/aromatic N) is 2. The van der Waals surface area contributed by atoms with Crippen LogP contribution in [0.5, 0.6) is 0 Å². The van der Waals surface area contributed by atoms with E-state index < -0.39 is 10.8 Å². The van der Waals surface area contributed by atoms with Crippen molar-refractivity contribution in [3.8, 4) is 10.4 Å². The summed E-state index contributed by atoms with van der Waals surface area (Å²) in [5, 5.41) is 0.751. The first-order chi connectivity index (χ1) is 14.5. The fraction of sp³-hybridized carbons (Fsp3) is 0.261. The third-order valence-electron chi connectivity index (χ3n) is 5.24. The summed E-state index contributed by atoms with van der Waals surface area (Å²) in [5.41, 5.74) is 1.80. The van der Waals surface area contributed by atoms with Gasteiger partial charge in [-0.15, -0.1) is 11.3 Å². The van der Waals surface area contributed by atoms with Crippen LogP contribution < -0.4 is 0 Å². The summed E-state index contributed by atoms with van der Waals surface area (Å²) in [5.74, 6) is 0.0439. The summed E-state index contributed by atoms with van der Waals surface area (Å²) in [4.78, 5) is 20.3. The molecule has 0 N–H and O–H groups in total. The zero-order chi connectivity index (χ0) is 21.1. The monoisotopic (exact) mass is 458 g/mol. The van der Waals surface area contributed by atoms with Crippen LogP contribution in [-0.4, -0.2) is 52.4 Å². The van der Waals surface area contributed by atoms with E-state index in [-0.39, 0.29) is 5.91 Å². The maximum atomic E-state index is 12.8. The fourth-order valence-corrected chi connectivity index (χ4v) is 5.32. The van der Waals surface area contributed by atoms with Crippen LogP contribution in [-0.2, 0) is 17.3 Å². The van der Waals surface area contributed by atoms with Gasteiger partial charge in [-0.1, -0.05) is 23.7 Å². The molecule has 0 saturated carbocycles. The van der Waals surface area contributed by atoms with Gasteiger partial charge in [0.1, 0.15) is 0 Å². The lowest BCUT2D eigenvalue weighted by Crippen LogP contribution is -2.48. The normalized spacial score (nSPS) is 15.9. The van der Waals surface area contributed by atoms with Crippen LogP contribution in [0.25, 0.3) is 10.4 Å². The van der Waals surface area contributed by atoms with Crippen LogP contribution in [0.1, 0.15) is 15.2 Å². The third kappa shape index (κ3) is 5.01.